The van der Waals surface area contributed by atoms with Crippen LogP contribution in [-0.4, -0.2) is 21.9 Å². The van der Waals surface area contributed by atoms with E-state index in [9.17, 15) is 0 Å². The van der Waals surface area contributed by atoms with Gasteiger partial charge in [0.1, 0.15) is 17.2 Å². The fraction of sp³-hybridized carbons (Fsp3) is 0.750. The highest BCUT2D eigenvalue weighted by Crippen LogP contribution is 2.23. The van der Waals surface area contributed by atoms with Crippen LogP contribution in [0.2, 0.25) is 0 Å². The molecule has 0 bridgehead atoms. The minimum atomic E-state index is -0.146. The second kappa shape index (κ2) is 20.3. The zero-order valence-corrected chi connectivity index (χ0v) is 18.2. The molecule has 0 aliphatic carbocycles. The van der Waals surface area contributed by atoms with Crippen molar-refractivity contribution in [2.24, 2.45) is 5.73 Å². The molecule has 1 rings (SSSR count). The number of rotatable bonds is 16. The molecule has 0 atom stereocenters. The molecule has 1 aromatic rings. The molecule has 5 N–H and O–H groups in total. The lowest BCUT2D eigenvalue weighted by Crippen LogP contribution is -1.97. The minimum Gasteiger partial charge on any atom is -0.508 e. The highest BCUT2D eigenvalue weighted by molar-refractivity contribution is 5.39. The molecule has 1 aromatic carbocycles. The first-order valence-electron chi connectivity index (χ1n) is 11.5. The number of unbranched alkanes of at least 4 members (excludes halogenated alkanes) is 15. The maximum Gasteiger partial charge on any atom is 0.122 e. The summed E-state index contributed by atoms with van der Waals surface area (Å²) in [6.07, 6.45) is 22.9. The van der Waals surface area contributed by atoms with Crippen LogP contribution in [0.4, 0.5) is 0 Å². The maximum absolute atomic E-state index is 8.67. The van der Waals surface area contributed by atoms with E-state index in [2.05, 4.69) is 6.92 Å². The standard InChI is InChI=1S/C18H39N.C6H6O3/c1-2-3-4-5-6-7-8-9-10-11-12-13-14-15-16-17-18-19;7-4-1-5(8)3-6(9)2-4/h2-19H2,1H3;1-3,7-9H. The Kier molecular flexibility index (Phi) is 19.3. The molecule has 28 heavy (non-hydrogen) atoms. The van der Waals surface area contributed by atoms with Crippen molar-refractivity contribution in [3.05, 3.63) is 18.2 Å². The fourth-order valence-corrected chi connectivity index (χ4v) is 3.27. The maximum atomic E-state index is 8.67. The number of hydrogen-bond acceptors (Lipinski definition) is 4. The SMILES string of the molecule is CCCCCCCCCCCCCCCCCCN.Oc1cc(O)cc(O)c1. The van der Waals surface area contributed by atoms with Gasteiger partial charge in [0, 0.05) is 18.2 Å². The van der Waals surface area contributed by atoms with Crippen LogP contribution in [-0.2, 0) is 0 Å². The Morgan fingerprint density at radius 1 is 0.500 bits per heavy atom. The van der Waals surface area contributed by atoms with Crippen molar-refractivity contribution >= 4 is 0 Å². The van der Waals surface area contributed by atoms with E-state index in [4.69, 9.17) is 21.1 Å². The third kappa shape index (κ3) is 19.3. The van der Waals surface area contributed by atoms with Gasteiger partial charge >= 0.3 is 0 Å². The lowest BCUT2D eigenvalue weighted by Gasteiger charge is -2.03. The summed E-state index contributed by atoms with van der Waals surface area (Å²) in [5.41, 5.74) is 5.48. The number of nitrogens with two attached hydrogens (primary N) is 1. The van der Waals surface area contributed by atoms with Crippen molar-refractivity contribution in [1.29, 1.82) is 0 Å². The van der Waals surface area contributed by atoms with Crippen LogP contribution in [0.15, 0.2) is 18.2 Å². The van der Waals surface area contributed by atoms with E-state index in [-0.39, 0.29) is 17.2 Å². The predicted octanol–water partition coefficient (Wildman–Crippen LogP) is 7.01. The number of phenols is 3. The van der Waals surface area contributed by atoms with Crippen LogP contribution in [0.25, 0.3) is 0 Å². The normalized spacial score (nSPS) is 10.5. The average molecular weight is 396 g/mol. The molecule has 0 aromatic heterocycles. The molecule has 0 unspecified atom stereocenters. The van der Waals surface area contributed by atoms with Crippen molar-refractivity contribution in [3.63, 3.8) is 0 Å². The highest BCUT2D eigenvalue weighted by Gasteiger charge is 1.95. The van der Waals surface area contributed by atoms with Crippen LogP contribution in [0.5, 0.6) is 17.2 Å². The molecule has 0 amide bonds. The minimum absolute atomic E-state index is 0.146. The molecule has 164 valence electrons. The molecule has 0 aliphatic rings. The predicted molar refractivity (Wildman–Crippen MR) is 120 cm³/mol. The van der Waals surface area contributed by atoms with Gasteiger partial charge in [-0.15, -0.1) is 0 Å². The van der Waals surface area contributed by atoms with Gasteiger partial charge in [-0.1, -0.05) is 103 Å². The lowest BCUT2D eigenvalue weighted by molar-refractivity contribution is 0.428. The Bertz CT molecular complexity index is 385. The van der Waals surface area contributed by atoms with Gasteiger partial charge in [-0.05, 0) is 13.0 Å². The second-order valence-corrected chi connectivity index (χ2v) is 7.80. The first-order valence-corrected chi connectivity index (χ1v) is 11.5. The number of aromatic hydroxyl groups is 3. The molecule has 0 aliphatic heterocycles. The van der Waals surface area contributed by atoms with Crippen LogP contribution in [0, 0.1) is 0 Å². The van der Waals surface area contributed by atoms with E-state index in [1.165, 1.54) is 103 Å². The first kappa shape index (κ1) is 26.6. The molecule has 0 heterocycles. The summed E-state index contributed by atoms with van der Waals surface area (Å²) >= 11 is 0. The molecule has 0 saturated carbocycles. The van der Waals surface area contributed by atoms with E-state index in [1.807, 2.05) is 0 Å². The zero-order chi connectivity index (χ0) is 20.9. The van der Waals surface area contributed by atoms with Gasteiger partial charge in [-0.2, -0.15) is 0 Å². The van der Waals surface area contributed by atoms with Crippen LogP contribution in [0.3, 0.4) is 0 Å². The summed E-state index contributed by atoms with van der Waals surface area (Å²) < 4.78 is 0. The smallest absolute Gasteiger partial charge is 0.122 e. The summed E-state index contributed by atoms with van der Waals surface area (Å²) in [6, 6.07) is 3.42. The van der Waals surface area contributed by atoms with Crippen LogP contribution < -0.4 is 5.73 Å². The molecular formula is C24H45NO3. The third-order valence-electron chi connectivity index (χ3n) is 4.94. The van der Waals surface area contributed by atoms with Crippen molar-refractivity contribution in [3.8, 4) is 17.2 Å². The Labute approximate surface area is 173 Å². The zero-order valence-electron chi connectivity index (χ0n) is 18.2. The third-order valence-corrected chi connectivity index (χ3v) is 4.94. The quantitative estimate of drug-likeness (QED) is 0.227. The number of hydrogen-bond donors (Lipinski definition) is 4. The molecule has 0 fully saturated rings. The molecule has 4 heteroatoms. The van der Waals surface area contributed by atoms with Gasteiger partial charge in [0.15, 0.2) is 0 Å². The van der Waals surface area contributed by atoms with Crippen molar-refractivity contribution in [2.45, 2.75) is 110 Å². The Balaban J connectivity index is 0.000000668. The van der Waals surface area contributed by atoms with E-state index < -0.39 is 0 Å². The summed E-state index contributed by atoms with van der Waals surface area (Å²) in [5.74, 6) is -0.437. The van der Waals surface area contributed by atoms with Gasteiger partial charge in [0.2, 0.25) is 0 Å². The van der Waals surface area contributed by atoms with E-state index in [1.54, 1.807) is 0 Å². The summed E-state index contributed by atoms with van der Waals surface area (Å²) in [7, 11) is 0. The number of benzene rings is 1. The number of phenolic OH excluding ortho intramolecular Hbond substituents is 3. The lowest BCUT2D eigenvalue weighted by atomic mass is 10.0. The van der Waals surface area contributed by atoms with Gasteiger partial charge < -0.3 is 21.1 Å². The van der Waals surface area contributed by atoms with Crippen LogP contribution in [0.1, 0.15) is 110 Å². The molecule has 0 spiro atoms. The largest absolute Gasteiger partial charge is 0.508 e. The van der Waals surface area contributed by atoms with Crippen molar-refractivity contribution in [1.82, 2.24) is 0 Å². The first-order chi connectivity index (χ1) is 13.6. The van der Waals surface area contributed by atoms with Crippen LogP contribution >= 0.6 is 0 Å². The Morgan fingerprint density at radius 2 is 0.750 bits per heavy atom. The highest BCUT2D eigenvalue weighted by atomic mass is 16.3. The van der Waals surface area contributed by atoms with Crippen molar-refractivity contribution in [2.75, 3.05) is 6.54 Å². The Morgan fingerprint density at radius 3 is 1.00 bits per heavy atom. The molecular weight excluding hydrogens is 350 g/mol. The summed E-state index contributed by atoms with van der Waals surface area (Å²) in [4.78, 5) is 0. The van der Waals surface area contributed by atoms with Gasteiger partial charge in [0.05, 0.1) is 0 Å². The fourth-order valence-electron chi connectivity index (χ4n) is 3.27. The summed E-state index contributed by atoms with van der Waals surface area (Å²) in [6.45, 7) is 3.16. The Hall–Kier alpha value is -1.42. The topological polar surface area (TPSA) is 86.7 Å². The van der Waals surface area contributed by atoms with E-state index in [0.29, 0.717) is 0 Å². The second-order valence-electron chi connectivity index (χ2n) is 7.80. The van der Waals surface area contributed by atoms with Gasteiger partial charge in [0.25, 0.3) is 0 Å². The summed E-state index contributed by atoms with van der Waals surface area (Å²) in [5, 5.41) is 26.0. The molecule has 4 nitrogen and oxygen atoms in total. The van der Waals surface area contributed by atoms with Gasteiger partial charge in [-0.3, -0.25) is 0 Å². The monoisotopic (exact) mass is 395 g/mol. The van der Waals surface area contributed by atoms with Gasteiger partial charge in [-0.25, -0.2) is 0 Å². The molecule has 0 saturated heterocycles. The van der Waals surface area contributed by atoms with Crippen molar-refractivity contribution < 1.29 is 15.3 Å². The van der Waals surface area contributed by atoms with E-state index in [0.717, 1.165) is 24.7 Å². The average Bonchev–Trinajstić information content (AvgIpc) is 2.64. The molecule has 0 radical (unpaired) electrons. The van der Waals surface area contributed by atoms with E-state index >= 15 is 0 Å².